The molecule has 0 radical (unpaired) electrons. The number of amides is 1. The predicted molar refractivity (Wildman–Crippen MR) is 193 cm³/mol. The van der Waals surface area contributed by atoms with Crippen LogP contribution in [-0.2, 0) is 4.79 Å². The number of unbranched alkanes of at least 4 members (excludes halogenated alkanes) is 18. The highest BCUT2D eigenvalue weighted by Gasteiger charge is 2.17. The number of hydrogen-bond acceptors (Lipinski definition) is 3. The number of aliphatic hydroxyl groups excluding tert-OH is 2. The fourth-order valence-corrected chi connectivity index (χ4v) is 5.19. The Morgan fingerprint density at radius 3 is 1.57 bits per heavy atom. The first kappa shape index (κ1) is 42.1. The topological polar surface area (TPSA) is 69.6 Å². The van der Waals surface area contributed by atoms with Crippen molar-refractivity contribution in [1.82, 2.24) is 5.32 Å². The van der Waals surface area contributed by atoms with Crippen LogP contribution in [0.2, 0.25) is 0 Å². The summed E-state index contributed by atoms with van der Waals surface area (Å²) >= 11 is 0. The molecule has 4 heteroatoms. The lowest BCUT2D eigenvalue weighted by Crippen LogP contribution is -2.45. The van der Waals surface area contributed by atoms with Crippen LogP contribution < -0.4 is 5.32 Å². The van der Waals surface area contributed by atoms with Crippen molar-refractivity contribution in [3.8, 4) is 0 Å². The van der Waals surface area contributed by atoms with Crippen LogP contribution in [0.15, 0.2) is 60.8 Å². The summed E-state index contributed by atoms with van der Waals surface area (Å²) in [4.78, 5) is 12.3. The average molecular weight is 614 g/mol. The molecule has 0 aromatic heterocycles. The van der Waals surface area contributed by atoms with E-state index in [2.05, 4.69) is 60.8 Å². The molecule has 0 rings (SSSR count). The number of carbonyl (C=O) groups excluding carboxylic acids is 1. The molecule has 0 aromatic carbocycles. The summed E-state index contributed by atoms with van der Waals surface area (Å²) in [7, 11) is 0. The molecule has 0 saturated carbocycles. The van der Waals surface area contributed by atoms with Gasteiger partial charge in [-0.25, -0.2) is 0 Å². The Kier molecular flexibility index (Phi) is 34.0. The van der Waals surface area contributed by atoms with Crippen molar-refractivity contribution in [3.63, 3.8) is 0 Å². The van der Waals surface area contributed by atoms with Gasteiger partial charge in [-0.3, -0.25) is 4.79 Å². The van der Waals surface area contributed by atoms with Crippen LogP contribution in [0.4, 0.5) is 0 Å². The molecule has 2 unspecified atom stereocenters. The van der Waals surface area contributed by atoms with Crippen LogP contribution in [-0.4, -0.2) is 34.9 Å². The maximum atomic E-state index is 12.3. The van der Waals surface area contributed by atoms with E-state index in [4.69, 9.17) is 0 Å². The van der Waals surface area contributed by atoms with Gasteiger partial charge in [-0.2, -0.15) is 0 Å². The number of rotatable bonds is 32. The second-order valence-electron chi connectivity index (χ2n) is 12.3. The molecule has 2 atom stereocenters. The van der Waals surface area contributed by atoms with Gasteiger partial charge >= 0.3 is 0 Å². The molecule has 0 aliphatic carbocycles. The summed E-state index contributed by atoms with van der Waals surface area (Å²) in [6.07, 6.45) is 49.0. The molecule has 254 valence electrons. The minimum Gasteiger partial charge on any atom is -0.394 e. The van der Waals surface area contributed by atoms with Gasteiger partial charge in [0.15, 0.2) is 0 Å². The monoisotopic (exact) mass is 614 g/mol. The van der Waals surface area contributed by atoms with E-state index >= 15 is 0 Å². The van der Waals surface area contributed by atoms with Crippen LogP contribution in [0, 0.1) is 0 Å². The van der Waals surface area contributed by atoms with Crippen molar-refractivity contribution in [1.29, 1.82) is 0 Å². The smallest absolute Gasteiger partial charge is 0.220 e. The summed E-state index contributed by atoms with van der Waals surface area (Å²) in [5.41, 5.74) is 0. The molecule has 1 amide bonds. The largest absolute Gasteiger partial charge is 0.394 e. The number of hydrogen-bond donors (Lipinski definition) is 3. The van der Waals surface area contributed by atoms with E-state index in [0.29, 0.717) is 6.42 Å². The minimum atomic E-state index is -0.869. The number of allylic oxidation sites excluding steroid dienone is 9. The molecule has 4 nitrogen and oxygen atoms in total. The van der Waals surface area contributed by atoms with Crippen molar-refractivity contribution in [3.05, 3.63) is 60.8 Å². The first-order valence-electron chi connectivity index (χ1n) is 18.5. The van der Waals surface area contributed by atoms with Crippen molar-refractivity contribution in [2.45, 2.75) is 180 Å². The van der Waals surface area contributed by atoms with Crippen LogP contribution >= 0.6 is 0 Å². The Balaban J connectivity index is 3.58. The van der Waals surface area contributed by atoms with Crippen LogP contribution in [0.25, 0.3) is 0 Å². The maximum absolute atomic E-state index is 12.3. The van der Waals surface area contributed by atoms with E-state index in [-0.39, 0.29) is 12.5 Å². The van der Waals surface area contributed by atoms with Crippen LogP contribution in [0.5, 0.6) is 0 Å². The fraction of sp³-hybridized carbons (Fsp3) is 0.725. The molecule has 0 fully saturated rings. The zero-order valence-corrected chi connectivity index (χ0v) is 28.9. The maximum Gasteiger partial charge on any atom is 0.220 e. The fourth-order valence-electron chi connectivity index (χ4n) is 5.19. The summed E-state index contributed by atoms with van der Waals surface area (Å²) in [5, 5.41) is 22.7. The van der Waals surface area contributed by atoms with E-state index in [0.717, 1.165) is 44.9 Å². The van der Waals surface area contributed by atoms with E-state index in [9.17, 15) is 15.0 Å². The van der Waals surface area contributed by atoms with Gasteiger partial charge in [-0.05, 0) is 71.1 Å². The second kappa shape index (κ2) is 35.6. The normalized spacial score (nSPS) is 13.8. The van der Waals surface area contributed by atoms with E-state index < -0.39 is 12.1 Å². The Labute approximate surface area is 273 Å². The SMILES string of the molecule is C/C=C/CC/C=C/CC/C=C/C(O)C(CO)NC(=O)CCCCCCCCCCCCC/C=C\C/C=C\CCCCCCC. The molecule has 0 spiro atoms. The summed E-state index contributed by atoms with van der Waals surface area (Å²) in [5.74, 6) is -0.0867. The first-order chi connectivity index (χ1) is 21.7. The second-order valence-corrected chi connectivity index (χ2v) is 12.3. The Hall–Kier alpha value is -1.91. The lowest BCUT2D eigenvalue weighted by molar-refractivity contribution is -0.123. The number of carbonyl (C=O) groups is 1. The van der Waals surface area contributed by atoms with Crippen LogP contribution in [0.1, 0.15) is 168 Å². The molecular weight excluding hydrogens is 542 g/mol. The highest BCUT2D eigenvalue weighted by molar-refractivity contribution is 5.76. The van der Waals surface area contributed by atoms with Crippen LogP contribution in [0.3, 0.4) is 0 Å². The first-order valence-corrected chi connectivity index (χ1v) is 18.5. The molecule has 0 aliphatic heterocycles. The number of aliphatic hydroxyl groups is 2. The Morgan fingerprint density at radius 2 is 1.05 bits per heavy atom. The lowest BCUT2D eigenvalue weighted by Gasteiger charge is -2.19. The molecule has 0 aromatic rings. The van der Waals surface area contributed by atoms with Gasteiger partial charge in [0.2, 0.25) is 5.91 Å². The standard InChI is InChI=1S/C40H71NO3/c1-3-5-7-9-11-13-14-15-16-17-18-19-20-21-22-23-24-25-26-28-30-32-34-36-40(44)41-38(37-42)39(43)35-33-31-29-27-12-10-8-6-4-2/h4,6,12,14-15,17-18,27,33,35,38-39,42-43H,3,5,7-11,13,16,19-26,28-32,34,36-37H2,1-2H3,(H,41,44)/b6-4+,15-14-,18-17-,27-12+,35-33+. The van der Waals surface area contributed by atoms with Crippen molar-refractivity contribution in [2.24, 2.45) is 0 Å². The van der Waals surface area contributed by atoms with Crippen molar-refractivity contribution >= 4 is 5.91 Å². The van der Waals surface area contributed by atoms with Gasteiger partial charge in [0.1, 0.15) is 0 Å². The third kappa shape index (κ3) is 31.5. The van der Waals surface area contributed by atoms with Crippen molar-refractivity contribution in [2.75, 3.05) is 6.61 Å². The van der Waals surface area contributed by atoms with Crippen molar-refractivity contribution < 1.29 is 15.0 Å². The summed E-state index contributed by atoms with van der Waals surface area (Å²) < 4.78 is 0. The Morgan fingerprint density at radius 1 is 0.591 bits per heavy atom. The van der Waals surface area contributed by atoms with E-state index in [1.165, 1.54) is 103 Å². The third-order valence-electron chi connectivity index (χ3n) is 8.05. The van der Waals surface area contributed by atoms with Gasteiger partial charge in [0, 0.05) is 6.42 Å². The molecule has 0 saturated heterocycles. The van der Waals surface area contributed by atoms with Gasteiger partial charge in [-0.15, -0.1) is 0 Å². The quantitative estimate of drug-likeness (QED) is 0.0522. The molecule has 44 heavy (non-hydrogen) atoms. The van der Waals surface area contributed by atoms with E-state index in [1.54, 1.807) is 6.08 Å². The molecular formula is C40H71NO3. The van der Waals surface area contributed by atoms with Gasteiger partial charge in [0.25, 0.3) is 0 Å². The molecule has 3 N–H and O–H groups in total. The lowest BCUT2D eigenvalue weighted by atomic mass is 10.0. The third-order valence-corrected chi connectivity index (χ3v) is 8.05. The predicted octanol–water partition coefficient (Wildman–Crippen LogP) is 11.0. The summed E-state index contributed by atoms with van der Waals surface area (Å²) in [6, 6.07) is -0.645. The molecule has 0 aliphatic rings. The minimum absolute atomic E-state index is 0.0867. The highest BCUT2D eigenvalue weighted by Crippen LogP contribution is 2.13. The average Bonchev–Trinajstić information content (AvgIpc) is 3.03. The van der Waals surface area contributed by atoms with Gasteiger partial charge in [0.05, 0.1) is 18.8 Å². The number of nitrogens with one attached hydrogen (secondary N) is 1. The highest BCUT2D eigenvalue weighted by atomic mass is 16.3. The van der Waals surface area contributed by atoms with Gasteiger partial charge < -0.3 is 15.5 Å². The molecule has 0 bridgehead atoms. The zero-order chi connectivity index (χ0) is 32.2. The zero-order valence-electron chi connectivity index (χ0n) is 28.9. The van der Waals surface area contributed by atoms with E-state index in [1.807, 2.05) is 13.0 Å². The van der Waals surface area contributed by atoms with Gasteiger partial charge in [-0.1, -0.05) is 151 Å². The molecule has 0 heterocycles. The summed E-state index contributed by atoms with van der Waals surface area (Å²) in [6.45, 7) is 4.03. The Bertz CT molecular complexity index is 752.